The Bertz CT molecular complexity index is 439. The van der Waals surface area contributed by atoms with Crippen LogP contribution in [0.2, 0.25) is 0 Å². The standard InChI is InChI=1S/C13H17ClINO/c1-2-3-4-7-11(15)12(10-14)16-9-6-5-8-13(16)17/h5-6,8-9H,2-4,7,10H2,1H3/b12-11-. The molecular formula is C13H17ClINO. The highest BCUT2D eigenvalue weighted by Gasteiger charge is 2.06. The molecule has 4 heteroatoms. The average molecular weight is 366 g/mol. The summed E-state index contributed by atoms with van der Waals surface area (Å²) in [5.41, 5.74) is 0.891. The molecule has 0 radical (unpaired) electrons. The van der Waals surface area contributed by atoms with Crippen molar-refractivity contribution in [2.45, 2.75) is 32.6 Å². The van der Waals surface area contributed by atoms with E-state index in [2.05, 4.69) is 29.5 Å². The van der Waals surface area contributed by atoms with Crippen LogP contribution < -0.4 is 5.56 Å². The summed E-state index contributed by atoms with van der Waals surface area (Å²) in [6, 6.07) is 5.15. The van der Waals surface area contributed by atoms with E-state index in [9.17, 15) is 4.79 Å². The zero-order valence-electron chi connectivity index (χ0n) is 9.96. The van der Waals surface area contributed by atoms with Crippen LogP contribution in [-0.2, 0) is 0 Å². The summed E-state index contributed by atoms with van der Waals surface area (Å²) in [5, 5.41) is 0. The summed E-state index contributed by atoms with van der Waals surface area (Å²) in [7, 11) is 0. The number of aromatic nitrogens is 1. The fraction of sp³-hybridized carbons (Fsp3) is 0.462. The van der Waals surface area contributed by atoms with Crippen LogP contribution in [0.1, 0.15) is 32.6 Å². The minimum absolute atomic E-state index is 0.0205. The quantitative estimate of drug-likeness (QED) is 0.419. The van der Waals surface area contributed by atoms with Crippen molar-refractivity contribution < 1.29 is 0 Å². The lowest BCUT2D eigenvalue weighted by Gasteiger charge is -2.10. The number of allylic oxidation sites excluding steroid dienone is 2. The Morgan fingerprint density at radius 2 is 2.18 bits per heavy atom. The number of nitrogens with zero attached hydrogens (tertiary/aromatic N) is 1. The van der Waals surface area contributed by atoms with E-state index in [0.717, 1.165) is 18.5 Å². The van der Waals surface area contributed by atoms with Gasteiger partial charge in [0.2, 0.25) is 0 Å². The van der Waals surface area contributed by atoms with E-state index in [1.807, 2.05) is 6.07 Å². The molecule has 1 aromatic heterocycles. The minimum Gasteiger partial charge on any atom is -0.286 e. The van der Waals surface area contributed by atoms with Gasteiger partial charge in [0.1, 0.15) is 0 Å². The molecule has 0 amide bonds. The second-order valence-electron chi connectivity index (χ2n) is 3.85. The van der Waals surface area contributed by atoms with Gasteiger partial charge in [-0.2, -0.15) is 0 Å². The Labute approximate surface area is 121 Å². The van der Waals surface area contributed by atoms with E-state index in [1.165, 1.54) is 16.4 Å². The van der Waals surface area contributed by atoms with Gasteiger partial charge in [0, 0.05) is 21.5 Å². The lowest BCUT2D eigenvalue weighted by atomic mass is 10.2. The first kappa shape index (κ1) is 14.8. The zero-order valence-corrected chi connectivity index (χ0v) is 12.9. The van der Waals surface area contributed by atoms with Gasteiger partial charge in [-0.05, 0) is 41.5 Å². The fourth-order valence-electron chi connectivity index (χ4n) is 1.59. The van der Waals surface area contributed by atoms with Gasteiger partial charge in [0.15, 0.2) is 0 Å². The molecule has 0 saturated carbocycles. The Morgan fingerprint density at radius 3 is 2.76 bits per heavy atom. The Hall–Kier alpha value is -0.290. The molecule has 1 aromatic rings. The summed E-state index contributed by atoms with van der Waals surface area (Å²) in [6.07, 6.45) is 6.34. The number of rotatable bonds is 6. The zero-order chi connectivity index (χ0) is 12.7. The second-order valence-corrected chi connectivity index (χ2v) is 5.42. The number of hydrogen-bond acceptors (Lipinski definition) is 1. The van der Waals surface area contributed by atoms with Crippen LogP contribution in [-0.4, -0.2) is 10.4 Å². The highest BCUT2D eigenvalue weighted by Crippen LogP contribution is 2.23. The molecule has 0 aliphatic rings. The summed E-state index contributed by atoms with van der Waals surface area (Å²) in [6.45, 7) is 2.18. The van der Waals surface area contributed by atoms with Gasteiger partial charge in [0.25, 0.3) is 5.56 Å². The van der Waals surface area contributed by atoms with Crippen molar-refractivity contribution in [1.29, 1.82) is 0 Å². The highest BCUT2D eigenvalue weighted by molar-refractivity contribution is 14.1. The number of hydrogen-bond donors (Lipinski definition) is 0. The average Bonchev–Trinajstić information content (AvgIpc) is 2.33. The van der Waals surface area contributed by atoms with E-state index >= 15 is 0 Å². The molecule has 0 fully saturated rings. The molecule has 0 spiro atoms. The maximum absolute atomic E-state index is 11.7. The molecule has 0 atom stereocenters. The third-order valence-electron chi connectivity index (χ3n) is 2.55. The Kier molecular flexibility index (Phi) is 6.89. The van der Waals surface area contributed by atoms with Crippen LogP contribution in [0.3, 0.4) is 0 Å². The van der Waals surface area contributed by atoms with E-state index in [4.69, 9.17) is 11.6 Å². The molecule has 0 saturated heterocycles. The fourth-order valence-corrected chi connectivity index (χ4v) is 2.94. The molecular weight excluding hydrogens is 349 g/mol. The van der Waals surface area contributed by atoms with Crippen molar-refractivity contribution in [3.8, 4) is 0 Å². The topological polar surface area (TPSA) is 22.0 Å². The number of pyridine rings is 1. The number of halogens is 2. The van der Waals surface area contributed by atoms with Gasteiger partial charge in [-0.3, -0.25) is 9.36 Å². The number of alkyl halides is 1. The van der Waals surface area contributed by atoms with Crippen LogP contribution >= 0.6 is 34.2 Å². The maximum Gasteiger partial charge on any atom is 0.254 e. The lowest BCUT2D eigenvalue weighted by molar-refractivity contribution is 0.726. The van der Waals surface area contributed by atoms with Gasteiger partial charge in [-0.1, -0.05) is 25.8 Å². The predicted molar refractivity (Wildman–Crippen MR) is 82.8 cm³/mol. The molecule has 2 nitrogen and oxygen atoms in total. The van der Waals surface area contributed by atoms with E-state index < -0.39 is 0 Å². The molecule has 17 heavy (non-hydrogen) atoms. The first-order valence-electron chi connectivity index (χ1n) is 5.82. The first-order chi connectivity index (χ1) is 8.20. The van der Waals surface area contributed by atoms with Crippen molar-refractivity contribution in [1.82, 2.24) is 4.57 Å². The normalized spacial score (nSPS) is 12.4. The molecule has 1 rings (SSSR count). The van der Waals surface area contributed by atoms with E-state index in [0.29, 0.717) is 5.88 Å². The number of unbranched alkanes of at least 4 members (excludes halogenated alkanes) is 2. The van der Waals surface area contributed by atoms with Crippen molar-refractivity contribution in [2.75, 3.05) is 5.88 Å². The van der Waals surface area contributed by atoms with Crippen LogP contribution in [0.25, 0.3) is 5.70 Å². The Balaban J connectivity index is 2.94. The van der Waals surface area contributed by atoms with E-state index in [1.54, 1.807) is 22.9 Å². The maximum atomic E-state index is 11.7. The van der Waals surface area contributed by atoms with Crippen LogP contribution in [0, 0.1) is 0 Å². The lowest BCUT2D eigenvalue weighted by Crippen LogP contribution is -2.18. The molecule has 0 aromatic carbocycles. The van der Waals surface area contributed by atoms with Crippen molar-refractivity contribution >= 4 is 39.9 Å². The molecule has 1 heterocycles. The Morgan fingerprint density at radius 1 is 1.41 bits per heavy atom. The smallest absolute Gasteiger partial charge is 0.254 e. The summed E-state index contributed by atoms with van der Waals surface area (Å²) >= 11 is 8.26. The van der Waals surface area contributed by atoms with Gasteiger partial charge in [0.05, 0.1) is 5.88 Å². The van der Waals surface area contributed by atoms with Crippen molar-refractivity contribution in [3.05, 3.63) is 38.3 Å². The molecule has 0 unspecified atom stereocenters. The third-order valence-corrected chi connectivity index (χ3v) is 3.97. The molecule has 0 bridgehead atoms. The summed E-state index contributed by atoms with van der Waals surface area (Å²) in [4.78, 5) is 11.7. The molecule has 0 N–H and O–H groups in total. The van der Waals surface area contributed by atoms with E-state index in [-0.39, 0.29) is 5.56 Å². The predicted octanol–water partition coefficient (Wildman–Crippen LogP) is 4.27. The monoisotopic (exact) mass is 365 g/mol. The third kappa shape index (κ3) is 4.47. The van der Waals surface area contributed by atoms with Crippen LogP contribution in [0.5, 0.6) is 0 Å². The molecule has 0 aliphatic heterocycles. The van der Waals surface area contributed by atoms with Crippen molar-refractivity contribution in [3.63, 3.8) is 0 Å². The second kappa shape index (κ2) is 7.93. The van der Waals surface area contributed by atoms with Gasteiger partial charge in [-0.25, -0.2) is 0 Å². The molecule has 0 aliphatic carbocycles. The minimum atomic E-state index is -0.0205. The SMILES string of the molecule is CCCCC/C(I)=C(\CCl)n1ccccc1=O. The van der Waals surface area contributed by atoms with Gasteiger partial charge < -0.3 is 0 Å². The molecule has 94 valence electrons. The first-order valence-corrected chi connectivity index (χ1v) is 7.43. The summed E-state index contributed by atoms with van der Waals surface area (Å²) in [5.74, 6) is 0.369. The van der Waals surface area contributed by atoms with Crippen LogP contribution in [0.4, 0.5) is 0 Å². The van der Waals surface area contributed by atoms with Crippen LogP contribution in [0.15, 0.2) is 32.8 Å². The van der Waals surface area contributed by atoms with Crippen molar-refractivity contribution in [2.24, 2.45) is 0 Å². The van der Waals surface area contributed by atoms with Gasteiger partial charge >= 0.3 is 0 Å². The van der Waals surface area contributed by atoms with Gasteiger partial charge in [-0.15, -0.1) is 11.6 Å². The largest absolute Gasteiger partial charge is 0.286 e. The highest BCUT2D eigenvalue weighted by atomic mass is 127. The summed E-state index contributed by atoms with van der Waals surface area (Å²) < 4.78 is 2.82.